The minimum Gasteiger partial charge on any atom is -0.258 e. The van der Waals surface area contributed by atoms with E-state index in [9.17, 15) is 10.1 Å². The van der Waals surface area contributed by atoms with E-state index in [1.54, 1.807) is 5.38 Å². The van der Waals surface area contributed by atoms with Gasteiger partial charge >= 0.3 is 0 Å². The third kappa shape index (κ3) is 1.38. The predicted molar refractivity (Wildman–Crippen MR) is 60.5 cm³/mol. The van der Waals surface area contributed by atoms with Gasteiger partial charge in [0.15, 0.2) is 0 Å². The number of nitrogens with zero attached hydrogens (tertiary/aromatic N) is 1. The molecule has 3 nitrogen and oxygen atoms in total. The summed E-state index contributed by atoms with van der Waals surface area (Å²) in [5.74, 6) is 0. The lowest BCUT2D eigenvalue weighted by atomic mass is 10.2. The van der Waals surface area contributed by atoms with Crippen molar-refractivity contribution < 1.29 is 4.92 Å². The summed E-state index contributed by atoms with van der Waals surface area (Å²) >= 11 is 5.65. The quantitative estimate of drug-likeness (QED) is 0.459. The molecule has 14 heavy (non-hydrogen) atoms. The number of thiol groups is 1. The largest absolute Gasteiger partial charge is 0.287 e. The first-order valence-corrected chi connectivity index (χ1v) is 5.27. The maximum Gasteiger partial charge on any atom is 0.287 e. The molecule has 0 bridgehead atoms. The van der Waals surface area contributed by atoms with Gasteiger partial charge < -0.3 is 0 Å². The Morgan fingerprint density at radius 3 is 2.86 bits per heavy atom. The summed E-state index contributed by atoms with van der Waals surface area (Å²) in [6.07, 6.45) is 0. The molecule has 1 aromatic heterocycles. The Bertz CT molecular complexity index is 519. The number of benzene rings is 1. The van der Waals surface area contributed by atoms with Crippen molar-refractivity contribution in [3.05, 3.63) is 33.2 Å². The fraction of sp³-hybridized carbons (Fsp3) is 0.111. The van der Waals surface area contributed by atoms with Crippen molar-refractivity contribution >= 4 is 39.7 Å². The lowest BCUT2D eigenvalue weighted by Crippen LogP contribution is -1.85. The minimum absolute atomic E-state index is 0.182. The number of hydrogen-bond donors (Lipinski definition) is 1. The summed E-state index contributed by atoms with van der Waals surface area (Å²) in [6.45, 7) is 1.89. The molecule has 0 aliphatic carbocycles. The second-order valence-electron chi connectivity index (χ2n) is 3.01. The maximum atomic E-state index is 10.7. The zero-order chi connectivity index (χ0) is 10.3. The van der Waals surface area contributed by atoms with Gasteiger partial charge in [-0.3, -0.25) is 10.1 Å². The first kappa shape index (κ1) is 9.48. The molecule has 0 unspecified atom stereocenters. The molecular formula is C9H7NO2S2. The van der Waals surface area contributed by atoms with E-state index in [2.05, 4.69) is 12.6 Å². The van der Waals surface area contributed by atoms with Gasteiger partial charge in [0.05, 0.1) is 15.7 Å². The molecule has 0 saturated carbocycles. The summed E-state index contributed by atoms with van der Waals surface area (Å²) in [5.41, 5.74) is 1.14. The van der Waals surface area contributed by atoms with Gasteiger partial charge in [-0.1, -0.05) is 0 Å². The van der Waals surface area contributed by atoms with Crippen LogP contribution in [0.4, 0.5) is 5.69 Å². The average Bonchev–Trinajstić information content (AvgIpc) is 2.48. The molecule has 0 radical (unpaired) electrons. The van der Waals surface area contributed by atoms with Crippen LogP contribution in [0.25, 0.3) is 10.1 Å². The van der Waals surface area contributed by atoms with E-state index >= 15 is 0 Å². The van der Waals surface area contributed by atoms with Gasteiger partial charge in [0.25, 0.3) is 5.69 Å². The van der Waals surface area contributed by atoms with Gasteiger partial charge in [-0.2, -0.15) is 0 Å². The van der Waals surface area contributed by atoms with Gasteiger partial charge in [-0.25, -0.2) is 0 Å². The van der Waals surface area contributed by atoms with Crippen LogP contribution in [-0.4, -0.2) is 4.92 Å². The summed E-state index contributed by atoms with van der Waals surface area (Å²) in [6, 6.07) is 3.68. The zero-order valence-corrected chi connectivity index (χ0v) is 9.06. The maximum absolute atomic E-state index is 10.7. The highest BCUT2D eigenvalue weighted by atomic mass is 32.1. The minimum atomic E-state index is -0.351. The highest BCUT2D eigenvalue weighted by Gasteiger charge is 2.14. The van der Waals surface area contributed by atoms with Gasteiger partial charge in [0.1, 0.15) is 0 Å². The fourth-order valence-electron chi connectivity index (χ4n) is 1.30. The van der Waals surface area contributed by atoms with Gasteiger partial charge in [-0.15, -0.1) is 24.0 Å². The first-order chi connectivity index (χ1) is 6.59. The molecule has 0 aliphatic rings. The van der Waals surface area contributed by atoms with Crippen LogP contribution in [0, 0.1) is 17.0 Å². The van der Waals surface area contributed by atoms with Crippen LogP contribution < -0.4 is 0 Å². The predicted octanol–water partition coefficient (Wildman–Crippen LogP) is 3.41. The first-order valence-electron chi connectivity index (χ1n) is 3.95. The molecule has 0 aliphatic heterocycles. The summed E-state index contributed by atoms with van der Waals surface area (Å²) in [4.78, 5) is 11.2. The molecule has 0 fully saturated rings. The number of fused-ring (bicyclic) bond motifs is 1. The standard InChI is InChI=1S/C9H7NO2S2/c1-5-2-6-7(10(11)12)4-14-9(6)3-8(5)13/h2-4,13H,1H3. The second-order valence-corrected chi connectivity index (χ2v) is 4.41. The van der Waals surface area contributed by atoms with E-state index in [4.69, 9.17) is 0 Å². The summed E-state index contributed by atoms with van der Waals surface area (Å²) in [5, 5.41) is 12.9. The third-order valence-corrected chi connectivity index (χ3v) is 3.48. The Morgan fingerprint density at radius 1 is 1.50 bits per heavy atom. The average molecular weight is 225 g/mol. The Balaban J connectivity index is 2.80. The number of aryl methyl sites for hydroxylation is 1. The van der Waals surface area contributed by atoms with E-state index in [1.807, 2.05) is 19.1 Å². The normalized spacial score (nSPS) is 10.7. The fourth-order valence-corrected chi connectivity index (χ4v) is 2.51. The Morgan fingerprint density at radius 2 is 2.21 bits per heavy atom. The SMILES string of the molecule is Cc1cc2c([N+](=O)[O-])csc2cc1S. The van der Waals surface area contributed by atoms with Gasteiger partial charge in [0, 0.05) is 9.60 Å². The van der Waals surface area contributed by atoms with E-state index in [-0.39, 0.29) is 10.6 Å². The van der Waals surface area contributed by atoms with E-state index in [1.165, 1.54) is 11.3 Å². The van der Waals surface area contributed by atoms with Crippen molar-refractivity contribution in [1.29, 1.82) is 0 Å². The van der Waals surface area contributed by atoms with E-state index < -0.39 is 0 Å². The molecule has 0 saturated heterocycles. The highest BCUT2D eigenvalue weighted by Crippen LogP contribution is 2.34. The van der Waals surface area contributed by atoms with Crippen LogP contribution in [0.15, 0.2) is 22.4 Å². The molecule has 2 aromatic rings. The third-order valence-electron chi connectivity index (χ3n) is 2.07. The van der Waals surface area contributed by atoms with Crippen molar-refractivity contribution in [2.75, 3.05) is 0 Å². The topological polar surface area (TPSA) is 43.1 Å². The monoisotopic (exact) mass is 225 g/mol. The van der Waals surface area contributed by atoms with Crippen LogP contribution in [0.1, 0.15) is 5.56 Å². The molecule has 1 aromatic carbocycles. The highest BCUT2D eigenvalue weighted by molar-refractivity contribution is 7.80. The molecule has 72 valence electrons. The van der Waals surface area contributed by atoms with Crippen molar-refractivity contribution in [2.24, 2.45) is 0 Å². The van der Waals surface area contributed by atoms with Crippen molar-refractivity contribution in [2.45, 2.75) is 11.8 Å². The molecule has 0 spiro atoms. The van der Waals surface area contributed by atoms with E-state index in [0.717, 1.165) is 15.2 Å². The molecule has 1 heterocycles. The van der Waals surface area contributed by atoms with Crippen LogP contribution in [0.3, 0.4) is 0 Å². The van der Waals surface area contributed by atoms with Gasteiger partial charge in [0.2, 0.25) is 0 Å². The van der Waals surface area contributed by atoms with Crippen LogP contribution in [0.5, 0.6) is 0 Å². The van der Waals surface area contributed by atoms with Crippen molar-refractivity contribution in [3.63, 3.8) is 0 Å². The molecule has 5 heteroatoms. The smallest absolute Gasteiger partial charge is 0.258 e. The Kier molecular flexibility index (Phi) is 2.20. The molecule has 0 amide bonds. The lowest BCUT2D eigenvalue weighted by molar-refractivity contribution is -0.382. The Labute approximate surface area is 89.9 Å². The number of thiophene rings is 1. The Hall–Kier alpha value is -1.07. The number of rotatable bonds is 1. The van der Waals surface area contributed by atoms with Gasteiger partial charge in [-0.05, 0) is 24.6 Å². The summed E-state index contributed by atoms with van der Waals surface area (Å²) < 4.78 is 0.910. The van der Waals surface area contributed by atoms with Crippen molar-refractivity contribution in [1.82, 2.24) is 0 Å². The molecule has 2 rings (SSSR count). The molecular weight excluding hydrogens is 218 g/mol. The molecule has 0 N–H and O–H groups in total. The second kappa shape index (κ2) is 3.25. The zero-order valence-electron chi connectivity index (χ0n) is 7.35. The lowest BCUT2D eigenvalue weighted by Gasteiger charge is -1.97. The van der Waals surface area contributed by atoms with Crippen molar-refractivity contribution in [3.8, 4) is 0 Å². The number of hydrogen-bond acceptors (Lipinski definition) is 4. The number of nitro groups is 1. The summed E-state index contributed by atoms with van der Waals surface area (Å²) in [7, 11) is 0. The van der Waals surface area contributed by atoms with E-state index in [0.29, 0.717) is 5.39 Å². The molecule has 0 atom stereocenters. The van der Waals surface area contributed by atoms with Crippen LogP contribution >= 0.6 is 24.0 Å². The van der Waals surface area contributed by atoms with Crippen LogP contribution in [-0.2, 0) is 0 Å². The van der Waals surface area contributed by atoms with Crippen LogP contribution in [0.2, 0.25) is 0 Å².